The van der Waals surface area contributed by atoms with E-state index in [1.807, 2.05) is 19.1 Å². The van der Waals surface area contributed by atoms with Gasteiger partial charge in [-0.05, 0) is 37.6 Å². The number of anilines is 2. The summed E-state index contributed by atoms with van der Waals surface area (Å²) in [6.45, 7) is 3.83. The molecular formula is C13H14ClN3O2. The average Bonchev–Trinajstić information content (AvgIpc) is 2.73. The molecule has 0 unspecified atom stereocenters. The van der Waals surface area contributed by atoms with Crippen LogP contribution in [0.5, 0.6) is 0 Å². The first-order valence-electron chi connectivity index (χ1n) is 5.78. The van der Waals surface area contributed by atoms with E-state index in [9.17, 15) is 4.79 Å². The second-order valence-corrected chi connectivity index (χ2v) is 4.62. The first kappa shape index (κ1) is 13.4. The summed E-state index contributed by atoms with van der Waals surface area (Å²) in [5.41, 5.74) is 1.86. The Morgan fingerprint density at radius 2 is 2.16 bits per heavy atom. The number of nitrogens with zero attached hydrogens (tertiary/aromatic N) is 1. The maximum atomic E-state index is 11.7. The molecule has 0 radical (unpaired) electrons. The molecule has 2 rings (SSSR count). The van der Waals surface area contributed by atoms with E-state index in [0.29, 0.717) is 16.6 Å². The van der Waals surface area contributed by atoms with E-state index < -0.39 is 0 Å². The highest BCUT2D eigenvalue weighted by Gasteiger charge is 2.06. The van der Waals surface area contributed by atoms with Crippen LogP contribution < -0.4 is 10.6 Å². The molecule has 0 fully saturated rings. The highest BCUT2D eigenvalue weighted by atomic mass is 35.5. The minimum absolute atomic E-state index is 0.147. The highest BCUT2D eigenvalue weighted by molar-refractivity contribution is 6.30. The number of carbonyl (C=O) groups excluding carboxylic acids is 1. The van der Waals surface area contributed by atoms with E-state index in [2.05, 4.69) is 15.8 Å². The average molecular weight is 280 g/mol. The lowest BCUT2D eigenvalue weighted by atomic mass is 10.2. The molecule has 0 aliphatic carbocycles. The maximum Gasteiger partial charge on any atom is 0.244 e. The Labute approximate surface area is 115 Å². The van der Waals surface area contributed by atoms with Crippen molar-refractivity contribution in [2.75, 3.05) is 17.2 Å². The van der Waals surface area contributed by atoms with Crippen LogP contribution in [0.25, 0.3) is 0 Å². The predicted octanol–water partition coefficient (Wildman–Crippen LogP) is 3.00. The van der Waals surface area contributed by atoms with Gasteiger partial charge in [0.05, 0.1) is 6.54 Å². The molecule has 5 nitrogen and oxygen atoms in total. The molecule has 19 heavy (non-hydrogen) atoms. The molecule has 2 aromatic rings. The van der Waals surface area contributed by atoms with Gasteiger partial charge in [-0.1, -0.05) is 16.8 Å². The van der Waals surface area contributed by atoms with E-state index in [1.165, 1.54) is 0 Å². The second-order valence-electron chi connectivity index (χ2n) is 4.18. The van der Waals surface area contributed by atoms with E-state index >= 15 is 0 Å². The van der Waals surface area contributed by atoms with E-state index in [1.54, 1.807) is 19.1 Å². The Morgan fingerprint density at radius 1 is 1.37 bits per heavy atom. The minimum atomic E-state index is -0.192. The molecule has 0 aliphatic heterocycles. The summed E-state index contributed by atoms with van der Waals surface area (Å²) in [7, 11) is 0. The molecular weight excluding hydrogens is 266 g/mol. The van der Waals surface area contributed by atoms with Crippen molar-refractivity contribution < 1.29 is 9.32 Å². The fraction of sp³-hybridized carbons (Fsp3) is 0.231. The van der Waals surface area contributed by atoms with Gasteiger partial charge in [0.25, 0.3) is 0 Å². The van der Waals surface area contributed by atoms with Gasteiger partial charge in [-0.15, -0.1) is 0 Å². The van der Waals surface area contributed by atoms with Gasteiger partial charge in [0, 0.05) is 16.8 Å². The second kappa shape index (κ2) is 5.75. The Morgan fingerprint density at radius 3 is 2.79 bits per heavy atom. The fourth-order valence-electron chi connectivity index (χ4n) is 1.61. The number of hydrogen-bond acceptors (Lipinski definition) is 4. The molecule has 0 saturated heterocycles. The number of rotatable bonds is 4. The van der Waals surface area contributed by atoms with Crippen LogP contribution in [-0.4, -0.2) is 17.6 Å². The van der Waals surface area contributed by atoms with Gasteiger partial charge < -0.3 is 15.2 Å². The van der Waals surface area contributed by atoms with Crippen molar-refractivity contribution >= 4 is 29.0 Å². The lowest BCUT2D eigenvalue weighted by Crippen LogP contribution is -2.22. The van der Waals surface area contributed by atoms with Gasteiger partial charge in [0.15, 0.2) is 5.82 Å². The number of aromatic nitrogens is 1. The first-order chi connectivity index (χ1) is 9.04. The maximum absolute atomic E-state index is 11.7. The Balaban J connectivity index is 1.89. The summed E-state index contributed by atoms with van der Waals surface area (Å²) >= 11 is 5.86. The van der Waals surface area contributed by atoms with E-state index in [4.69, 9.17) is 16.1 Å². The molecule has 0 saturated carbocycles. The quantitative estimate of drug-likeness (QED) is 0.903. The summed E-state index contributed by atoms with van der Waals surface area (Å²) in [5, 5.41) is 10.0. The fourth-order valence-corrected chi connectivity index (χ4v) is 1.84. The van der Waals surface area contributed by atoms with Crippen LogP contribution in [0.2, 0.25) is 5.02 Å². The van der Waals surface area contributed by atoms with Crippen LogP contribution >= 0.6 is 11.6 Å². The van der Waals surface area contributed by atoms with E-state index in [-0.39, 0.29) is 12.5 Å². The summed E-state index contributed by atoms with van der Waals surface area (Å²) in [5.74, 6) is 0.872. The van der Waals surface area contributed by atoms with Gasteiger partial charge in [-0.3, -0.25) is 4.79 Å². The monoisotopic (exact) mass is 279 g/mol. The third-order valence-corrected chi connectivity index (χ3v) is 2.76. The van der Waals surface area contributed by atoms with Crippen LogP contribution in [0, 0.1) is 13.8 Å². The number of benzene rings is 1. The Kier molecular flexibility index (Phi) is 4.06. The van der Waals surface area contributed by atoms with Gasteiger partial charge in [0.1, 0.15) is 5.76 Å². The van der Waals surface area contributed by atoms with Crippen LogP contribution in [-0.2, 0) is 4.79 Å². The summed E-state index contributed by atoms with van der Waals surface area (Å²) in [6.07, 6.45) is 0. The minimum Gasteiger partial charge on any atom is -0.376 e. The molecule has 1 heterocycles. The lowest BCUT2D eigenvalue weighted by molar-refractivity contribution is -0.114. The van der Waals surface area contributed by atoms with Crippen LogP contribution in [0.4, 0.5) is 11.5 Å². The summed E-state index contributed by atoms with van der Waals surface area (Å²) < 4.78 is 4.86. The van der Waals surface area contributed by atoms with Crippen molar-refractivity contribution in [1.82, 2.24) is 5.16 Å². The van der Waals surface area contributed by atoms with Gasteiger partial charge in [-0.2, -0.15) is 0 Å². The Hall–Kier alpha value is -2.01. The van der Waals surface area contributed by atoms with Crippen molar-refractivity contribution in [3.63, 3.8) is 0 Å². The molecule has 0 spiro atoms. The standard InChI is InChI=1S/C13H14ClN3O2/c1-8-5-10(14)3-4-11(8)15-7-13(18)16-12-6-9(2)19-17-12/h3-6,15H,7H2,1-2H3,(H,16,17,18). The molecule has 0 aliphatic rings. The zero-order valence-electron chi connectivity index (χ0n) is 10.7. The number of halogens is 1. The summed E-state index contributed by atoms with van der Waals surface area (Å²) in [6, 6.07) is 7.11. The Bertz CT molecular complexity index is 595. The number of nitrogens with one attached hydrogen (secondary N) is 2. The van der Waals surface area contributed by atoms with Crippen LogP contribution in [0.3, 0.4) is 0 Å². The molecule has 100 valence electrons. The molecule has 1 aromatic heterocycles. The molecule has 0 bridgehead atoms. The lowest BCUT2D eigenvalue weighted by Gasteiger charge is -2.09. The highest BCUT2D eigenvalue weighted by Crippen LogP contribution is 2.19. The molecule has 2 N–H and O–H groups in total. The molecule has 1 aromatic carbocycles. The largest absolute Gasteiger partial charge is 0.376 e. The SMILES string of the molecule is Cc1cc(NC(=O)CNc2ccc(Cl)cc2C)no1. The molecule has 1 amide bonds. The van der Waals surface area contributed by atoms with Gasteiger partial charge >= 0.3 is 0 Å². The number of aryl methyl sites for hydroxylation is 2. The number of carbonyl (C=O) groups is 1. The van der Waals surface area contributed by atoms with Crippen molar-refractivity contribution in [2.45, 2.75) is 13.8 Å². The number of amides is 1. The third kappa shape index (κ3) is 3.72. The van der Waals surface area contributed by atoms with Gasteiger partial charge in [0.2, 0.25) is 5.91 Å². The van der Waals surface area contributed by atoms with Crippen molar-refractivity contribution in [3.8, 4) is 0 Å². The molecule has 6 heteroatoms. The topological polar surface area (TPSA) is 67.2 Å². The predicted molar refractivity (Wildman–Crippen MR) is 74.5 cm³/mol. The zero-order chi connectivity index (χ0) is 13.8. The smallest absolute Gasteiger partial charge is 0.244 e. The van der Waals surface area contributed by atoms with E-state index in [0.717, 1.165) is 11.3 Å². The zero-order valence-corrected chi connectivity index (χ0v) is 11.4. The van der Waals surface area contributed by atoms with Crippen molar-refractivity contribution in [3.05, 3.63) is 40.6 Å². The van der Waals surface area contributed by atoms with Gasteiger partial charge in [-0.25, -0.2) is 0 Å². The van der Waals surface area contributed by atoms with Crippen LogP contribution in [0.1, 0.15) is 11.3 Å². The van der Waals surface area contributed by atoms with Crippen molar-refractivity contribution in [2.24, 2.45) is 0 Å². The molecule has 0 atom stereocenters. The third-order valence-electron chi connectivity index (χ3n) is 2.52. The van der Waals surface area contributed by atoms with Crippen LogP contribution in [0.15, 0.2) is 28.8 Å². The summed E-state index contributed by atoms with van der Waals surface area (Å²) in [4.78, 5) is 11.7. The number of hydrogen-bond donors (Lipinski definition) is 2. The van der Waals surface area contributed by atoms with Crippen molar-refractivity contribution in [1.29, 1.82) is 0 Å². The first-order valence-corrected chi connectivity index (χ1v) is 6.15. The normalized spacial score (nSPS) is 10.3.